The van der Waals surface area contributed by atoms with E-state index in [0.717, 1.165) is 15.4 Å². The summed E-state index contributed by atoms with van der Waals surface area (Å²) in [5.41, 5.74) is 3.20. The second-order valence-corrected chi connectivity index (χ2v) is 4.14. The van der Waals surface area contributed by atoms with Crippen LogP contribution in [0.1, 0.15) is 6.92 Å². The SMILES string of the molecule is CCONC(=O)n1ccc2cc(Br)ccc21. The fraction of sp³-hybridized carbons (Fsp3) is 0.182. The largest absolute Gasteiger partial charge is 0.349 e. The summed E-state index contributed by atoms with van der Waals surface area (Å²) in [5, 5.41) is 1.00. The number of fused-ring (bicyclic) bond motifs is 1. The van der Waals surface area contributed by atoms with Crippen molar-refractivity contribution in [2.45, 2.75) is 6.92 Å². The number of nitrogens with one attached hydrogen (secondary N) is 1. The van der Waals surface area contributed by atoms with Crippen LogP contribution in [0.4, 0.5) is 4.79 Å². The highest BCUT2D eigenvalue weighted by molar-refractivity contribution is 9.10. The van der Waals surface area contributed by atoms with E-state index < -0.39 is 0 Å². The topological polar surface area (TPSA) is 43.3 Å². The van der Waals surface area contributed by atoms with E-state index in [1.165, 1.54) is 4.57 Å². The normalized spacial score (nSPS) is 10.6. The lowest BCUT2D eigenvalue weighted by atomic mass is 10.2. The van der Waals surface area contributed by atoms with Crippen LogP contribution in [-0.4, -0.2) is 17.2 Å². The summed E-state index contributed by atoms with van der Waals surface area (Å²) in [7, 11) is 0. The van der Waals surface area contributed by atoms with Crippen LogP contribution in [0.3, 0.4) is 0 Å². The molecule has 0 unspecified atom stereocenters. The van der Waals surface area contributed by atoms with Gasteiger partial charge in [-0.15, -0.1) is 0 Å². The van der Waals surface area contributed by atoms with Gasteiger partial charge in [-0.3, -0.25) is 9.40 Å². The number of carbonyl (C=O) groups is 1. The molecule has 0 bridgehead atoms. The maximum Gasteiger partial charge on any atom is 0.349 e. The smallest absolute Gasteiger partial charge is 0.272 e. The zero-order chi connectivity index (χ0) is 11.5. The second kappa shape index (κ2) is 4.67. The van der Waals surface area contributed by atoms with Crippen LogP contribution in [0.2, 0.25) is 0 Å². The van der Waals surface area contributed by atoms with E-state index >= 15 is 0 Å². The Morgan fingerprint density at radius 1 is 1.50 bits per heavy atom. The highest BCUT2D eigenvalue weighted by Gasteiger charge is 2.08. The number of hydrogen-bond acceptors (Lipinski definition) is 2. The van der Waals surface area contributed by atoms with Crippen LogP contribution in [0.25, 0.3) is 10.9 Å². The Labute approximate surface area is 101 Å². The van der Waals surface area contributed by atoms with Gasteiger partial charge < -0.3 is 0 Å². The van der Waals surface area contributed by atoms with Gasteiger partial charge in [-0.1, -0.05) is 15.9 Å². The molecule has 0 saturated heterocycles. The number of halogens is 1. The molecular weight excluding hydrogens is 272 g/mol. The van der Waals surface area contributed by atoms with Crippen molar-refractivity contribution >= 4 is 32.9 Å². The molecular formula is C11H11BrN2O2. The van der Waals surface area contributed by atoms with E-state index in [4.69, 9.17) is 4.84 Å². The van der Waals surface area contributed by atoms with Gasteiger partial charge in [-0.2, -0.15) is 0 Å². The average molecular weight is 283 g/mol. The minimum Gasteiger partial charge on any atom is -0.272 e. The molecule has 0 aliphatic heterocycles. The molecule has 0 radical (unpaired) electrons. The molecule has 1 aromatic carbocycles. The van der Waals surface area contributed by atoms with E-state index in [1.54, 1.807) is 6.20 Å². The van der Waals surface area contributed by atoms with Gasteiger partial charge in [0.25, 0.3) is 0 Å². The van der Waals surface area contributed by atoms with Crippen molar-refractivity contribution < 1.29 is 9.63 Å². The molecule has 0 saturated carbocycles. The van der Waals surface area contributed by atoms with Gasteiger partial charge in [-0.25, -0.2) is 10.3 Å². The molecule has 1 amide bonds. The molecule has 5 heteroatoms. The third kappa shape index (κ3) is 2.10. The molecule has 4 nitrogen and oxygen atoms in total. The van der Waals surface area contributed by atoms with Gasteiger partial charge in [0.05, 0.1) is 12.1 Å². The van der Waals surface area contributed by atoms with Gasteiger partial charge in [0, 0.05) is 16.1 Å². The van der Waals surface area contributed by atoms with E-state index in [2.05, 4.69) is 21.4 Å². The van der Waals surface area contributed by atoms with Crippen molar-refractivity contribution in [2.24, 2.45) is 0 Å². The number of benzene rings is 1. The predicted molar refractivity (Wildman–Crippen MR) is 65.2 cm³/mol. The summed E-state index contributed by atoms with van der Waals surface area (Å²) in [4.78, 5) is 16.5. The molecule has 0 atom stereocenters. The average Bonchev–Trinajstić information content (AvgIpc) is 2.68. The third-order valence-corrected chi connectivity index (χ3v) is 2.67. The van der Waals surface area contributed by atoms with E-state index in [1.807, 2.05) is 31.2 Å². The zero-order valence-corrected chi connectivity index (χ0v) is 10.3. The summed E-state index contributed by atoms with van der Waals surface area (Å²) in [5.74, 6) is 0. The van der Waals surface area contributed by atoms with Gasteiger partial charge >= 0.3 is 6.03 Å². The van der Waals surface area contributed by atoms with Crippen LogP contribution in [0, 0.1) is 0 Å². The molecule has 1 heterocycles. The maximum atomic E-state index is 11.7. The molecule has 0 aliphatic carbocycles. The summed E-state index contributed by atoms with van der Waals surface area (Å²) >= 11 is 3.39. The molecule has 84 valence electrons. The number of hydroxylamine groups is 1. The number of nitrogens with zero attached hydrogens (tertiary/aromatic N) is 1. The molecule has 0 aliphatic rings. The van der Waals surface area contributed by atoms with Crippen molar-refractivity contribution in [1.29, 1.82) is 0 Å². The third-order valence-electron chi connectivity index (χ3n) is 2.17. The lowest BCUT2D eigenvalue weighted by Gasteiger charge is -2.05. The van der Waals surface area contributed by atoms with Crippen LogP contribution in [0.15, 0.2) is 34.9 Å². The minimum atomic E-state index is -0.292. The predicted octanol–water partition coefficient (Wildman–Crippen LogP) is 2.91. The molecule has 1 aromatic heterocycles. The summed E-state index contributed by atoms with van der Waals surface area (Å²) in [6.07, 6.45) is 1.71. The number of aromatic nitrogens is 1. The molecule has 0 fully saturated rings. The Kier molecular flexibility index (Phi) is 3.26. The first-order valence-corrected chi connectivity index (χ1v) is 5.70. The molecule has 1 N–H and O–H groups in total. The van der Waals surface area contributed by atoms with Crippen LogP contribution in [0.5, 0.6) is 0 Å². The summed E-state index contributed by atoms with van der Waals surface area (Å²) in [6, 6.07) is 7.32. The first kappa shape index (κ1) is 11.2. The fourth-order valence-electron chi connectivity index (χ4n) is 1.47. The second-order valence-electron chi connectivity index (χ2n) is 3.23. The molecule has 2 aromatic rings. The van der Waals surface area contributed by atoms with Crippen LogP contribution >= 0.6 is 15.9 Å². The van der Waals surface area contributed by atoms with E-state index in [9.17, 15) is 4.79 Å². The number of carbonyl (C=O) groups excluding carboxylic acids is 1. The number of hydrogen-bond donors (Lipinski definition) is 1. The Hall–Kier alpha value is -1.33. The molecule has 16 heavy (non-hydrogen) atoms. The van der Waals surface area contributed by atoms with Crippen molar-refractivity contribution in [3.05, 3.63) is 34.9 Å². The molecule has 0 spiro atoms. The van der Waals surface area contributed by atoms with Crippen molar-refractivity contribution in [3.63, 3.8) is 0 Å². The Morgan fingerprint density at radius 2 is 2.31 bits per heavy atom. The highest BCUT2D eigenvalue weighted by Crippen LogP contribution is 2.20. The van der Waals surface area contributed by atoms with Crippen LogP contribution in [-0.2, 0) is 4.84 Å². The standard InChI is InChI=1S/C11H11BrN2O2/c1-2-16-13-11(15)14-6-5-8-7-9(12)3-4-10(8)14/h3-7H,2H2,1H3,(H,13,15). The van der Waals surface area contributed by atoms with Crippen molar-refractivity contribution in [3.8, 4) is 0 Å². The Morgan fingerprint density at radius 3 is 3.06 bits per heavy atom. The van der Waals surface area contributed by atoms with Gasteiger partial charge in [-0.05, 0) is 31.2 Å². The summed E-state index contributed by atoms with van der Waals surface area (Å²) in [6.45, 7) is 2.25. The lowest BCUT2D eigenvalue weighted by molar-refractivity contribution is 0.0716. The minimum absolute atomic E-state index is 0.292. The fourth-order valence-corrected chi connectivity index (χ4v) is 1.85. The number of rotatable bonds is 2. The quantitative estimate of drug-likeness (QED) is 0.861. The van der Waals surface area contributed by atoms with E-state index in [-0.39, 0.29) is 6.03 Å². The highest BCUT2D eigenvalue weighted by atomic mass is 79.9. The van der Waals surface area contributed by atoms with Gasteiger partial charge in [0.2, 0.25) is 0 Å². The Balaban J connectivity index is 2.34. The van der Waals surface area contributed by atoms with Crippen LogP contribution < -0.4 is 5.48 Å². The van der Waals surface area contributed by atoms with E-state index in [0.29, 0.717) is 6.61 Å². The first-order chi connectivity index (χ1) is 7.72. The van der Waals surface area contributed by atoms with Gasteiger partial charge in [0.15, 0.2) is 0 Å². The monoisotopic (exact) mass is 282 g/mol. The lowest BCUT2D eigenvalue weighted by Crippen LogP contribution is -2.27. The summed E-state index contributed by atoms with van der Waals surface area (Å²) < 4.78 is 2.50. The number of amides is 1. The van der Waals surface area contributed by atoms with Crippen molar-refractivity contribution in [1.82, 2.24) is 10.0 Å². The van der Waals surface area contributed by atoms with Crippen molar-refractivity contribution in [2.75, 3.05) is 6.61 Å². The zero-order valence-electron chi connectivity index (χ0n) is 8.74. The Bertz CT molecular complexity index is 522. The molecule has 2 rings (SSSR count). The van der Waals surface area contributed by atoms with Gasteiger partial charge in [0.1, 0.15) is 0 Å². The maximum absolute atomic E-state index is 11.7. The first-order valence-electron chi connectivity index (χ1n) is 4.91.